The largest absolute Gasteiger partial charge is 0.464 e. The Labute approximate surface area is 116 Å². The molecule has 0 aliphatic carbocycles. The first-order valence-corrected chi connectivity index (χ1v) is 6.33. The Morgan fingerprint density at radius 1 is 1.20 bits per heavy atom. The van der Waals surface area contributed by atoms with Crippen LogP contribution in [0.1, 0.15) is 19.7 Å². The molecular formula is C16H13N3O. The van der Waals surface area contributed by atoms with Crippen LogP contribution in [-0.2, 0) is 5.41 Å². The van der Waals surface area contributed by atoms with Gasteiger partial charge in [0.15, 0.2) is 0 Å². The summed E-state index contributed by atoms with van der Waals surface area (Å²) in [4.78, 5) is 8.72. The number of fused-ring (bicyclic) bond motifs is 1. The predicted octanol–water partition coefficient (Wildman–Crippen LogP) is 3.69. The standard InChI is InChI=1S/C16H13N3O/c1-16(2,10-17)15-18-8-7-13(19-15)12-9-20-14-6-4-3-5-11(12)14/h3-9H,1-2H3. The number of nitriles is 1. The number of benzene rings is 1. The lowest BCUT2D eigenvalue weighted by molar-refractivity contribution is 0.615. The molecular weight excluding hydrogens is 250 g/mol. The summed E-state index contributed by atoms with van der Waals surface area (Å²) in [6.07, 6.45) is 3.37. The average molecular weight is 263 g/mol. The van der Waals surface area contributed by atoms with Crippen molar-refractivity contribution in [3.05, 3.63) is 48.6 Å². The van der Waals surface area contributed by atoms with E-state index in [2.05, 4.69) is 16.0 Å². The highest BCUT2D eigenvalue weighted by Gasteiger charge is 2.24. The first-order valence-electron chi connectivity index (χ1n) is 6.33. The zero-order chi connectivity index (χ0) is 14.2. The van der Waals surface area contributed by atoms with Gasteiger partial charge in [0, 0.05) is 17.1 Å². The minimum absolute atomic E-state index is 0.516. The zero-order valence-electron chi connectivity index (χ0n) is 11.3. The molecule has 0 radical (unpaired) electrons. The third-order valence-corrected chi connectivity index (χ3v) is 3.25. The number of furan rings is 1. The van der Waals surface area contributed by atoms with Crippen molar-refractivity contribution in [3.63, 3.8) is 0 Å². The maximum atomic E-state index is 9.19. The van der Waals surface area contributed by atoms with E-state index < -0.39 is 5.41 Å². The van der Waals surface area contributed by atoms with Crippen LogP contribution in [0.2, 0.25) is 0 Å². The highest BCUT2D eigenvalue weighted by Crippen LogP contribution is 2.30. The van der Waals surface area contributed by atoms with Gasteiger partial charge in [-0.3, -0.25) is 0 Å². The summed E-state index contributed by atoms with van der Waals surface area (Å²) in [7, 11) is 0. The Hall–Kier alpha value is -2.67. The lowest BCUT2D eigenvalue weighted by Crippen LogP contribution is -2.18. The summed E-state index contributed by atoms with van der Waals surface area (Å²) in [5, 5.41) is 10.2. The van der Waals surface area contributed by atoms with Crippen molar-refractivity contribution < 1.29 is 4.42 Å². The number of aromatic nitrogens is 2. The van der Waals surface area contributed by atoms with Crippen LogP contribution in [0.3, 0.4) is 0 Å². The van der Waals surface area contributed by atoms with E-state index in [-0.39, 0.29) is 0 Å². The highest BCUT2D eigenvalue weighted by atomic mass is 16.3. The monoisotopic (exact) mass is 263 g/mol. The van der Waals surface area contributed by atoms with Crippen molar-refractivity contribution in [1.82, 2.24) is 9.97 Å². The Kier molecular flexibility index (Phi) is 2.76. The minimum Gasteiger partial charge on any atom is -0.464 e. The Balaban J connectivity index is 2.16. The summed E-state index contributed by atoms with van der Waals surface area (Å²) in [5.41, 5.74) is 1.79. The van der Waals surface area contributed by atoms with Crippen molar-refractivity contribution in [2.75, 3.05) is 0 Å². The fraction of sp³-hybridized carbons (Fsp3) is 0.188. The van der Waals surface area contributed by atoms with Gasteiger partial charge in [0.05, 0.1) is 11.8 Å². The van der Waals surface area contributed by atoms with Gasteiger partial charge >= 0.3 is 0 Å². The quantitative estimate of drug-likeness (QED) is 0.707. The lowest BCUT2D eigenvalue weighted by Gasteiger charge is -2.13. The molecule has 0 unspecified atom stereocenters. The molecule has 4 nitrogen and oxygen atoms in total. The van der Waals surface area contributed by atoms with E-state index in [1.165, 1.54) is 0 Å². The van der Waals surface area contributed by atoms with E-state index in [4.69, 9.17) is 4.42 Å². The summed E-state index contributed by atoms with van der Waals surface area (Å²) >= 11 is 0. The molecule has 0 saturated heterocycles. The van der Waals surface area contributed by atoms with E-state index in [9.17, 15) is 5.26 Å². The van der Waals surface area contributed by atoms with E-state index in [0.29, 0.717) is 5.82 Å². The smallest absolute Gasteiger partial charge is 0.148 e. The van der Waals surface area contributed by atoms with Crippen molar-refractivity contribution in [2.45, 2.75) is 19.3 Å². The van der Waals surface area contributed by atoms with Crippen LogP contribution in [0.15, 0.2) is 47.2 Å². The van der Waals surface area contributed by atoms with E-state index in [1.807, 2.05) is 30.3 Å². The molecule has 0 fully saturated rings. The number of rotatable bonds is 2. The highest BCUT2D eigenvalue weighted by molar-refractivity contribution is 5.92. The molecule has 1 aromatic carbocycles. The fourth-order valence-corrected chi connectivity index (χ4v) is 2.04. The van der Waals surface area contributed by atoms with E-state index >= 15 is 0 Å². The molecule has 0 atom stereocenters. The van der Waals surface area contributed by atoms with Gasteiger partial charge in [-0.25, -0.2) is 9.97 Å². The normalized spacial score (nSPS) is 11.4. The summed E-state index contributed by atoms with van der Waals surface area (Å²) in [6.45, 7) is 3.61. The van der Waals surface area contributed by atoms with Gasteiger partial charge in [-0.15, -0.1) is 0 Å². The molecule has 0 aliphatic heterocycles. The van der Waals surface area contributed by atoms with Crippen LogP contribution >= 0.6 is 0 Å². The number of hydrogen-bond acceptors (Lipinski definition) is 4. The van der Waals surface area contributed by atoms with Gasteiger partial charge in [-0.2, -0.15) is 5.26 Å². The van der Waals surface area contributed by atoms with Gasteiger partial charge in [-0.1, -0.05) is 18.2 Å². The first-order chi connectivity index (χ1) is 9.62. The first kappa shape index (κ1) is 12.4. The van der Waals surface area contributed by atoms with Gasteiger partial charge < -0.3 is 4.42 Å². The van der Waals surface area contributed by atoms with Crippen LogP contribution in [-0.4, -0.2) is 9.97 Å². The predicted molar refractivity (Wildman–Crippen MR) is 75.9 cm³/mol. The second-order valence-corrected chi connectivity index (χ2v) is 5.15. The third kappa shape index (κ3) is 1.94. The van der Waals surface area contributed by atoms with Crippen LogP contribution in [0.25, 0.3) is 22.2 Å². The third-order valence-electron chi connectivity index (χ3n) is 3.25. The maximum absolute atomic E-state index is 9.19. The molecule has 4 heteroatoms. The molecule has 3 aromatic rings. The minimum atomic E-state index is -0.713. The molecule has 20 heavy (non-hydrogen) atoms. The van der Waals surface area contributed by atoms with Gasteiger partial charge in [0.25, 0.3) is 0 Å². The molecule has 0 aliphatic rings. The summed E-state index contributed by atoms with van der Waals surface area (Å²) < 4.78 is 5.53. The molecule has 0 saturated carbocycles. The molecule has 2 aromatic heterocycles. The molecule has 2 heterocycles. The van der Waals surface area contributed by atoms with Gasteiger partial charge in [0.2, 0.25) is 0 Å². The Morgan fingerprint density at radius 2 is 2.00 bits per heavy atom. The van der Waals surface area contributed by atoms with Crippen LogP contribution < -0.4 is 0 Å². The van der Waals surface area contributed by atoms with Crippen molar-refractivity contribution in [2.24, 2.45) is 0 Å². The van der Waals surface area contributed by atoms with Crippen LogP contribution in [0, 0.1) is 11.3 Å². The van der Waals surface area contributed by atoms with Gasteiger partial charge in [0.1, 0.15) is 23.1 Å². The van der Waals surface area contributed by atoms with Crippen LogP contribution in [0.4, 0.5) is 0 Å². The molecule has 0 amide bonds. The average Bonchev–Trinajstić information content (AvgIpc) is 2.91. The molecule has 98 valence electrons. The Bertz CT molecular complexity index is 812. The van der Waals surface area contributed by atoms with Crippen LogP contribution in [0.5, 0.6) is 0 Å². The fourth-order valence-electron chi connectivity index (χ4n) is 2.04. The van der Waals surface area contributed by atoms with E-state index in [0.717, 1.165) is 22.2 Å². The second kappa shape index (κ2) is 4.46. The number of hydrogen-bond donors (Lipinski definition) is 0. The summed E-state index contributed by atoms with van der Waals surface area (Å²) in [5.74, 6) is 0.516. The van der Waals surface area contributed by atoms with E-state index in [1.54, 1.807) is 26.3 Å². The SMILES string of the molecule is CC(C)(C#N)c1nccc(-c2coc3ccccc23)n1. The molecule has 3 rings (SSSR count). The molecule has 0 bridgehead atoms. The van der Waals surface area contributed by atoms with Crippen molar-refractivity contribution in [1.29, 1.82) is 5.26 Å². The topological polar surface area (TPSA) is 62.7 Å². The molecule has 0 spiro atoms. The zero-order valence-corrected chi connectivity index (χ0v) is 11.3. The van der Waals surface area contributed by atoms with Crippen molar-refractivity contribution in [3.8, 4) is 17.3 Å². The van der Waals surface area contributed by atoms with Gasteiger partial charge in [-0.05, 0) is 26.0 Å². The second-order valence-electron chi connectivity index (χ2n) is 5.15. The lowest BCUT2D eigenvalue weighted by atomic mass is 9.94. The maximum Gasteiger partial charge on any atom is 0.148 e. The Morgan fingerprint density at radius 3 is 2.80 bits per heavy atom. The van der Waals surface area contributed by atoms with Crippen molar-refractivity contribution >= 4 is 11.0 Å². The number of para-hydroxylation sites is 1. The summed E-state index contributed by atoms with van der Waals surface area (Å²) in [6, 6.07) is 11.8. The molecule has 0 N–H and O–H groups in total. The number of nitrogens with zero attached hydrogens (tertiary/aromatic N) is 3.